The summed E-state index contributed by atoms with van der Waals surface area (Å²) in [5, 5.41) is -0.438. The molecule has 3 rings (SSSR count). The summed E-state index contributed by atoms with van der Waals surface area (Å²) in [6.45, 7) is 1.58. The molecule has 0 aliphatic carbocycles. The second-order valence-electron chi connectivity index (χ2n) is 5.58. The van der Waals surface area contributed by atoms with Crippen LogP contribution in [0, 0.1) is 17.5 Å². The van der Waals surface area contributed by atoms with Crippen LogP contribution in [-0.2, 0) is 11.8 Å². The van der Waals surface area contributed by atoms with Gasteiger partial charge in [-0.05, 0) is 18.6 Å². The van der Waals surface area contributed by atoms with Crippen molar-refractivity contribution >= 4 is 16.9 Å². The number of aryl methyl sites for hydroxylation is 1. The summed E-state index contributed by atoms with van der Waals surface area (Å²) in [6, 6.07) is 8.87. The maximum atomic E-state index is 14.4. The van der Waals surface area contributed by atoms with E-state index in [9.17, 15) is 22.8 Å². The highest BCUT2D eigenvalue weighted by Crippen LogP contribution is 2.29. The van der Waals surface area contributed by atoms with Crippen molar-refractivity contribution in [1.82, 2.24) is 4.57 Å². The lowest BCUT2D eigenvalue weighted by Crippen LogP contribution is -2.24. The quantitative estimate of drug-likeness (QED) is 0.527. The number of ether oxygens (including phenoxy) is 1. The molecule has 134 valence electrons. The minimum absolute atomic E-state index is 0.0143. The molecule has 7 heteroatoms. The van der Waals surface area contributed by atoms with E-state index >= 15 is 0 Å². The molecule has 1 aromatic heterocycles. The zero-order valence-electron chi connectivity index (χ0n) is 14.0. The molecular formula is C19H14F3NO3. The van der Waals surface area contributed by atoms with E-state index in [1.165, 1.54) is 7.05 Å². The van der Waals surface area contributed by atoms with E-state index in [1.807, 2.05) is 0 Å². The van der Waals surface area contributed by atoms with Crippen molar-refractivity contribution in [3.05, 3.63) is 69.6 Å². The van der Waals surface area contributed by atoms with Crippen LogP contribution in [0.25, 0.3) is 22.2 Å². The highest BCUT2D eigenvalue weighted by molar-refractivity contribution is 6.00. The number of benzene rings is 2. The number of hydrogen-bond donors (Lipinski definition) is 0. The number of esters is 1. The lowest BCUT2D eigenvalue weighted by molar-refractivity contribution is 0.0525. The Balaban J connectivity index is 2.55. The molecular weight excluding hydrogens is 347 g/mol. The van der Waals surface area contributed by atoms with Gasteiger partial charge in [0.05, 0.1) is 23.2 Å². The minimum Gasteiger partial charge on any atom is -0.462 e. The maximum absolute atomic E-state index is 14.4. The molecule has 0 aliphatic rings. The fourth-order valence-electron chi connectivity index (χ4n) is 2.93. The van der Waals surface area contributed by atoms with Gasteiger partial charge in [-0.2, -0.15) is 0 Å². The SMILES string of the molecule is CCOC(=O)c1c(-c2ccccc2)n(C)c2c(F)c(F)c(F)cc2c1=O. The molecule has 1 heterocycles. The smallest absolute Gasteiger partial charge is 0.344 e. The Morgan fingerprint density at radius 2 is 1.77 bits per heavy atom. The summed E-state index contributed by atoms with van der Waals surface area (Å²) < 4.78 is 47.9. The second-order valence-corrected chi connectivity index (χ2v) is 5.58. The first-order valence-corrected chi connectivity index (χ1v) is 7.81. The molecule has 0 radical (unpaired) electrons. The number of fused-ring (bicyclic) bond motifs is 1. The standard InChI is InChI=1S/C19H14F3NO3/c1-3-26-19(25)13-16(10-7-5-4-6-8-10)23(2)17-11(18(13)24)9-12(20)14(21)15(17)22/h4-9H,3H2,1-2H3. The van der Waals surface area contributed by atoms with Crippen molar-refractivity contribution in [2.75, 3.05) is 6.61 Å². The third-order valence-corrected chi connectivity index (χ3v) is 4.04. The van der Waals surface area contributed by atoms with Crippen molar-refractivity contribution in [3.8, 4) is 11.3 Å². The molecule has 0 aliphatic heterocycles. The molecule has 0 spiro atoms. The van der Waals surface area contributed by atoms with Crippen LogP contribution < -0.4 is 5.43 Å². The van der Waals surface area contributed by atoms with Gasteiger partial charge in [0.25, 0.3) is 0 Å². The predicted octanol–water partition coefficient (Wildman–Crippen LogP) is 3.80. The van der Waals surface area contributed by atoms with Gasteiger partial charge < -0.3 is 9.30 Å². The average molecular weight is 361 g/mol. The molecule has 0 saturated carbocycles. The zero-order chi connectivity index (χ0) is 19.0. The summed E-state index contributed by atoms with van der Waals surface area (Å²) in [4.78, 5) is 25.2. The van der Waals surface area contributed by atoms with Crippen molar-refractivity contribution in [2.24, 2.45) is 7.05 Å². The Kier molecular flexibility index (Phi) is 4.54. The first-order chi connectivity index (χ1) is 12.4. The number of nitrogens with zero attached hydrogens (tertiary/aromatic N) is 1. The Bertz CT molecular complexity index is 1080. The number of pyridine rings is 1. The minimum atomic E-state index is -1.68. The fourth-order valence-corrected chi connectivity index (χ4v) is 2.93. The van der Waals surface area contributed by atoms with Gasteiger partial charge in [0.1, 0.15) is 5.56 Å². The normalized spacial score (nSPS) is 11.0. The van der Waals surface area contributed by atoms with Crippen LogP contribution in [0.1, 0.15) is 17.3 Å². The Labute approximate surface area is 146 Å². The lowest BCUT2D eigenvalue weighted by Gasteiger charge is -2.17. The number of carbonyl (C=O) groups is 1. The first kappa shape index (κ1) is 17.7. The third-order valence-electron chi connectivity index (χ3n) is 4.04. The second kappa shape index (κ2) is 6.67. The molecule has 0 atom stereocenters. The topological polar surface area (TPSA) is 48.3 Å². The summed E-state index contributed by atoms with van der Waals surface area (Å²) >= 11 is 0. The molecule has 0 bridgehead atoms. The highest BCUT2D eigenvalue weighted by atomic mass is 19.2. The van der Waals surface area contributed by atoms with Gasteiger partial charge in [-0.25, -0.2) is 18.0 Å². The van der Waals surface area contributed by atoms with Gasteiger partial charge in [0.15, 0.2) is 17.5 Å². The summed E-state index contributed by atoms with van der Waals surface area (Å²) in [7, 11) is 1.37. The summed E-state index contributed by atoms with van der Waals surface area (Å²) in [5.41, 5.74) is -1.22. The molecule has 0 saturated heterocycles. The van der Waals surface area contributed by atoms with Gasteiger partial charge in [0, 0.05) is 7.05 Å². The van der Waals surface area contributed by atoms with E-state index in [0.717, 1.165) is 4.57 Å². The van der Waals surface area contributed by atoms with Gasteiger partial charge in [0.2, 0.25) is 5.43 Å². The van der Waals surface area contributed by atoms with E-state index in [-0.39, 0.29) is 17.9 Å². The van der Waals surface area contributed by atoms with Crippen LogP contribution in [0.15, 0.2) is 41.2 Å². The summed E-state index contributed by atoms with van der Waals surface area (Å²) in [6.07, 6.45) is 0. The van der Waals surface area contributed by atoms with Crippen LogP contribution in [0.5, 0.6) is 0 Å². The average Bonchev–Trinajstić information content (AvgIpc) is 2.63. The zero-order valence-corrected chi connectivity index (χ0v) is 14.0. The molecule has 2 aromatic carbocycles. The van der Waals surface area contributed by atoms with Crippen LogP contribution in [0.2, 0.25) is 0 Å². The Morgan fingerprint density at radius 3 is 2.38 bits per heavy atom. The van der Waals surface area contributed by atoms with E-state index < -0.39 is 39.8 Å². The molecule has 0 fully saturated rings. The largest absolute Gasteiger partial charge is 0.462 e. The van der Waals surface area contributed by atoms with E-state index in [1.54, 1.807) is 37.3 Å². The van der Waals surface area contributed by atoms with Crippen LogP contribution >= 0.6 is 0 Å². The molecule has 3 aromatic rings. The number of rotatable bonds is 3. The van der Waals surface area contributed by atoms with Crippen molar-refractivity contribution < 1.29 is 22.7 Å². The molecule has 0 N–H and O–H groups in total. The predicted molar refractivity (Wildman–Crippen MR) is 90.5 cm³/mol. The van der Waals surface area contributed by atoms with Crippen molar-refractivity contribution in [3.63, 3.8) is 0 Å². The van der Waals surface area contributed by atoms with E-state index in [4.69, 9.17) is 4.74 Å². The number of hydrogen-bond acceptors (Lipinski definition) is 3. The lowest BCUT2D eigenvalue weighted by atomic mass is 10.0. The molecule has 26 heavy (non-hydrogen) atoms. The molecule has 0 amide bonds. The number of aromatic nitrogens is 1. The van der Waals surface area contributed by atoms with Gasteiger partial charge in [-0.3, -0.25) is 4.79 Å². The monoisotopic (exact) mass is 361 g/mol. The maximum Gasteiger partial charge on any atom is 0.344 e. The Hall–Kier alpha value is -3.09. The van der Waals surface area contributed by atoms with E-state index in [2.05, 4.69) is 0 Å². The molecule has 4 nitrogen and oxygen atoms in total. The van der Waals surface area contributed by atoms with Gasteiger partial charge in [-0.1, -0.05) is 30.3 Å². The Morgan fingerprint density at radius 1 is 1.12 bits per heavy atom. The molecule has 0 unspecified atom stereocenters. The van der Waals surface area contributed by atoms with E-state index in [0.29, 0.717) is 11.6 Å². The number of carbonyl (C=O) groups excluding carboxylic acids is 1. The summed E-state index contributed by atoms with van der Waals surface area (Å²) in [5.74, 6) is -5.60. The fraction of sp³-hybridized carbons (Fsp3) is 0.158. The first-order valence-electron chi connectivity index (χ1n) is 7.81. The van der Waals surface area contributed by atoms with Crippen molar-refractivity contribution in [2.45, 2.75) is 6.92 Å². The third kappa shape index (κ3) is 2.65. The highest BCUT2D eigenvalue weighted by Gasteiger charge is 2.27. The van der Waals surface area contributed by atoms with Crippen LogP contribution in [-0.4, -0.2) is 17.1 Å². The van der Waals surface area contributed by atoms with Crippen LogP contribution in [0.4, 0.5) is 13.2 Å². The van der Waals surface area contributed by atoms with Gasteiger partial charge in [-0.15, -0.1) is 0 Å². The number of halogens is 3. The van der Waals surface area contributed by atoms with Gasteiger partial charge >= 0.3 is 5.97 Å². The van der Waals surface area contributed by atoms with Crippen molar-refractivity contribution in [1.29, 1.82) is 0 Å². The van der Waals surface area contributed by atoms with Crippen LogP contribution in [0.3, 0.4) is 0 Å².